The van der Waals surface area contributed by atoms with Gasteiger partial charge in [0.05, 0.1) is 0 Å². The Bertz CT molecular complexity index is 1290. The van der Waals surface area contributed by atoms with Crippen LogP contribution >= 0.6 is 21.2 Å². The maximum Gasteiger partial charge on any atom is 0.123 e. The Morgan fingerprint density at radius 1 is 0.811 bits per heavy atom. The lowest BCUT2D eigenvalue weighted by Crippen LogP contribution is -2.22. The van der Waals surface area contributed by atoms with E-state index in [1.165, 1.54) is 27.6 Å². The van der Waals surface area contributed by atoms with Gasteiger partial charge in [-0.1, -0.05) is 132 Å². The van der Waals surface area contributed by atoms with Gasteiger partial charge in [-0.3, -0.25) is 0 Å². The van der Waals surface area contributed by atoms with Crippen LogP contribution in [0.5, 0.6) is 5.75 Å². The molecule has 1 N–H and O–H groups in total. The van der Waals surface area contributed by atoms with Crippen molar-refractivity contribution in [2.75, 3.05) is 0 Å². The van der Waals surface area contributed by atoms with Crippen LogP contribution in [0.1, 0.15) is 78.7 Å². The molecule has 0 spiro atoms. The summed E-state index contributed by atoms with van der Waals surface area (Å²) in [7, 11) is 0.543. The smallest absolute Gasteiger partial charge is 0.123 e. The average Bonchev–Trinajstić information content (AvgIpc) is 2.90. The van der Waals surface area contributed by atoms with Gasteiger partial charge in [0.1, 0.15) is 5.75 Å². The quantitative estimate of drug-likeness (QED) is 0.148. The third kappa shape index (κ3) is 7.07. The number of hydrogen-bond donors (Lipinski definition) is 2. The number of benzene rings is 4. The molecule has 0 saturated heterocycles. The summed E-state index contributed by atoms with van der Waals surface area (Å²) in [6.45, 7) is 6.75. The lowest BCUT2D eigenvalue weighted by molar-refractivity contribution is 0.445. The summed E-state index contributed by atoms with van der Waals surface area (Å²) in [4.78, 5) is 0. The van der Waals surface area contributed by atoms with Crippen LogP contribution in [-0.2, 0) is 18.0 Å². The van der Waals surface area contributed by atoms with E-state index in [4.69, 9.17) is 12.6 Å². The molecule has 0 heterocycles. The minimum absolute atomic E-state index is 0.170. The molecule has 0 bridgehead atoms. The van der Waals surface area contributed by atoms with Gasteiger partial charge in [-0.15, -0.1) is 0 Å². The SMILES string of the molecule is CCCCC(C)(Pc1ccccc1C(C)S)c1cc(Cc2ccccc2)cc(Cc2ccccc2)c1O. The van der Waals surface area contributed by atoms with Crippen molar-refractivity contribution in [2.45, 2.75) is 63.3 Å². The summed E-state index contributed by atoms with van der Waals surface area (Å²) < 4.78 is 0. The maximum absolute atomic E-state index is 11.8. The monoisotopic (exact) mass is 526 g/mol. The van der Waals surface area contributed by atoms with Gasteiger partial charge in [0, 0.05) is 22.4 Å². The first-order chi connectivity index (χ1) is 17.9. The van der Waals surface area contributed by atoms with E-state index in [2.05, 4.69) is 112 Å². The molecule has 37 heavy (non-hydrogen) atoms. The first-order valence-electron chi connectivity index (χ1n) is 13.4. The van der Waals surface area contributed by atoms with Crippen molar-refractivity contribution >= 4 is 26.5 Å². The van der Waals surface area contributed by atoms with Crippen molar-refractivity contribution in [2.24, 2.45) is 0 Å². The highest BCUT2D eigenvalue weighted by Gasteiger charge is 2.32. The largest absolute Gasteiger partial charge is 0.507 e. The summed E-state index contributed by atoms with van der Waals surface area (Å²) in [6, 6.07) is 34.3. The maximum atomic E-state index is 11.8. The first kappa shape index (κ1) is 27.5. The van der Waals surface area contributed by atoms with Crippen LogP contribution < -0.4 is 5.30 Å². The molecular weight excluding hydrogens is 487 g/mol. The lowest BCUT2D eigenvalue weighted by atomic mass is 9.87. The van der Waals surface area contributed by atoms with E-state index in [0.717, 1.165) is 43.2 Å². The van der Waals surface area contributed by atoms with Gasteiger partial charge in [0.2, 0.25) is 0 Å². The van der Waals surface area contributed by atoms with Gasteiger partial charge in [0.25, 0.3) is 0 Å². The van der Waals surface area contributed by atoms with Crippen molar-refractivity contribution < 1.29 is 5.11 Å². The van der Waals surface area contributed by atoms with E-state index in [1.807, 2.05) is 6.07 Å². The highest BCUT2D eigenvalue weighted by atomic mass is 32.1. The number of unbranched alkanes of at least 4 members (excludes halogenated alkanes) is 1. The zero-order valence-electron chi connectivity index (χ0n) is 22.2. The zero-order chi connectivity index (χ0) is 26.3. The van der Waals surface area contributed by atoms with E-state index in [0.29, 0.717) is 14.3 Å². The van der Waals surface area contributed by atoms with E-state index >= 15 is 0 Å². The van der Waals surface area contributed by atoms with Crippen LogP contribution in [0.3, 0.4) is 0 Å². The molecule has 3 heteroatoms. The molecule has 4 aromatic rings. The molecule has 192 valence electrons. The molecule has 1 nitrogen and oxygen atoms in total. The normalized spacial score (nSPS) is 14.1. The van der Waals surface area contributed by atoms with Gasteiger partial charge >= 0.3 is 0 Å². The molecule has 3 atom stereocenters. The van der Waals surface area contributed by atoms with Gasteiger partial charge in [-0.2, -0.15) is 12.6 Å². The number of phenolic OH excluding ortho intramolecular Hbond substituents is 1. The average molecular weight is 527 g/mol. The number of rotatable bonds is 11. The molecule has 0 radical (unpaired) electrons. The van der Waals surface area contributed by atoms with Crippen molar-refractivity contribution in [3.8, 4) is 5.75 Å². The molecule has 0 aliphatic carbocycles. The highest BCUT2D eigenvalue weighted by Crippen LogP contribution is 2.50. The molecule has 0 aromatic heterocycles. The van der Waals surface area contributed by atoms with Crippen LogP contribution in [0.25, 0.3) is 0 Å². The van der Waals surface area contributed by atoms with Crippen molar-refractivity contribution in [3.63, 3.8) is 0 Å². The Morgan fingerprint density at radius 3 is 2.03 bits per heavy atom. The molecular formula is C34H39OPS. The van der Waals surface area contributed by atoms with Crippen LogP contribution in [0.2, 0.25) is 0 Å². The number of hydrogen-bond acceptors (Lipinski definition) is 2. The molecule has 0 aliphatic rings. The number of thiol groups is 1. The summed E-state index contributed by atoms with van der Waals surface area (Å²) in [6.07, 6.45) is 4.86. The Balaban J connectivity index is 1.83. The third-order valence-corrected chi connectivity index (χ3v) is 9.26. The van der Waals surface area contributed by atoms with Crippen LogP contribution in [0, 0.1) is 0 Å². The predicted molar refractivity (Wildman–Crippen MR) is 165 cm³/mol. The summed E-state index contributed by atoms with van der Waals surface area (Å²) in [5.74, 6) is 0.461. The fourth-order valence-corrected chi connectivity index (χ4v) is 7.32. The van der Waals surface area contributed by atoms with Crippen molar-refractivity contribution in [3.05, 3.63) is 130 Å². The standard InChI is InChI=1S/C34H39OPS/c1-4-5-20-34(3,36-32-19-13-12-18-30(32)25(2)37)31-24-28(21-26-14-8-6-9-15-26)23-29(33(31)35)22-27-16-10-7-11-17-27/h6-19,23-25,35-37H,4-5,20-22H2,1-3H3. The Kier molecular flexibility index (Phi) is 9.52. The van der Waals surface area contributed by atoms with E-state index in [1.54, 1.807) is 0 Å². The minimum Gasteiger partial charge on any atom is -0.507 e. The second-order valence-electron chi connectivity index (χ2n) is 10.3. The van der Waals surface area contributed by atoms with Gasteiger partial charge in [0.15, 0.2) is 0 Å². The second kappa shape index (κ2) is 12.8. The van der Waals surface area contributed by atoms with Crippen molar-refractivity contribution in [1.82, 2.24) is 0 Å². The van der Waals surface area contributed by atoms with Gasteiger partial charge in [-0.05, 0) is 52.9 Å². The van der Waals surface area contributed by atoms with Crippen molar-refractivity contribution in [1.29, 1.82) is 0 Å². The van der Waals surface area contributed by atoms with E-state index < -0.39 is 0 Å². The van der Waals surface area contributed by atoms with E-state index in [-0.39, 0.29) is 10.4 Å². The predicted octanol–water partition coefficient (Wildman–Crippen LogP) is 8.97. The van der Waals surface area contributed by atoms with Gasteiger partial charge < -0.3 is 5.11 Å². The third-order valence-electron chi connectivity index (χ3n) is 7.18. The summed E-state index contributed by atoms with van der Waals surface area (Å²) >= 11 is 4.78. The fourth-order valence-electron chi connectivity index (χ4n) is 5.13. The molecule has 0 fully saturated rings. The number of aromatic hydroxyl groups is 1. The minimum atomic E-state index is -0.170. The fraction of sp³-hybridized carbons (Fsp3) is 0.294. The first-order valence-corrected chi connectivity index (χ1v) is 14.9. The number of phenols is 1. The summed E-state index contributed by atoms with van der Waals surface area (Å²) in [5.41, 5.74) is 7.15. The van der Waals surface area contributed by atoms with E-state index in [9.17, 15) is 5.11 Å². The molecule has 0 saturated carbocycles. The second-order valence-corrected chi connectivity index (χ2v) is 13.0. The molecule has 4 rings (SSSR count). The Hall–Kier alpha value is -2.54. The zero-order valence-corrected chi connectivity index (χ0v) is 24.1. The lowest BCUT2D eigenvalue weighted by Gasteiger charge is -2.33. The summed E-state index contributed by atoms with van der Waals surface area (Å²) in [5, 5.41) is 13.2. The topological polar surface area (TPSA) is 20.2 Å². The van der Waals surface area contributed by atoms with Crippen LogP contribution in [-0.4, -0.2) is 5.11 Å². The van der Waals surface area contributed by atoms with Crippen LogP contribution in [0.15, 0.2) is 97.1 Å². The highest BCUT2D eigenvalue weighted by molar-refractivity contribution is 7.80. The molecule has 0 aliphatic heterocycles. The Morgan fingerprint density at radius 2 is 1.41 bits per heavy atom. The Labute approximate surface area is 230 Å². The molecule has 3 unspecified atom stereocenters. The molecule has 4 aromatic carbocycles. The van der Waals surface area contributed by atoms with Gasteiger partial charge in [-0.25, -0.2) is 0 Å². The molecule has 0 amide bonds. The van der Waals surface area contributed by atoms with Crippen LogP contribution in [0.4, 0.5) is 0 Å².